The van der Waals surface area contributed by atoms with E-state index in [9.17, 15) is 4.79 Å². The number of aryl methyl sites for hydroxylation is 1. The Balaban J connectivity index is 1.81. The van der Waals surface area contributed by atoms with Crippen molar-refractivity contribution in [3.63, 3.8) is 0 Å². The predicted molar refractivity (Wildman–Crippen MR) is 78.4 cm³/mol. The third kappa shape index (κ3) is 4.50. The summed E-state index contributed by atoms with van der Waals surface area (Å²) in [6, 6.07) is 1.86. The monoisotopic (exact) mass is 280 g/mol. The van der Waals surface area contributed by atoms with Gasteiger partial charge in [-0.15, -0.1) is 0 Å². The molecule has 0 saturated heterocycles. The van der Waals surface area contributed by atoms with Crippen LogP contribution in [0.1, 0.15) is 50.5 Å². The molecule has 0 aromatic carbocycles. The summed E-state index contributed by atoms with van der Waals surface area (Å²) in [6.45, 7) is 1.93. The quantitative estimate of drug-likeness (QED) is 0.834. The lowest BCUT2D eigenvalue weighted by atomic mass is 9.86. The van der Waals surface area contributed by atoms with Gasteiger partial charge in [-0.3, -0.25) is 4.79 Å². The van der Waals surface area contributed by atoms with Crippen molar-refractivity contribution in [2.24, 2.45) is 5.92 Å². The minimum Gasteiger partial charge on any atom is -0.323 e. The Kier molecular flexibility index (Phi) is 5.20. The molecular weight excluding hydrogens is 260 g/mol. The van der Waals surface area contributed by atoms with Crippen molar-refractivity contribution in [2.75, 3.05) is 5.32 Å². The van der Waals surface area contributed by atoms with Gasteiger partial charge in [0.25, 0.3) is 0 Å². The number of anilines is 1. The van der Waals surface area contributed by atoms with Gasteiger partial charge in [0.15, 0.2) is 5.15 Å². The first-order valence-corrected chi connectivity index (χ1v) is 7.45. The summed E-state index contributed by atoms with van der Waals surface area (Å²) in [5.74, 6) is 0.769. The maximum Gasteiger partial charge on any atom is 0.224 e. The molecule has 1 fully saturated rings. The molecule has 0 radical (unpaired) electrons. The number of hydrogen-bond acceptors (Lipinski definition) is 2. The van der Waals surface area contributed by atoms with Crippen LogP contribution in [0.4, 0.5) is 5.69 Å². The number of carbonyl (C=O) groups is 1. The molecule has 0 atom stereocenters. The Hall–Kier alpha value is -1.09. The van der Waals surface area contributed by atoms with Gasteiger partial charge in [0.2, 0.25) is 5.91 Å². The maximum atomic E-state index is 11.9. The van der Waals surface area contributed by atoms with E-state index < -0.39 is 0 Å². The van der Waals surface area contributed by atoms with Gasteiger partial charge in [-0.05, 0) is 30.9 Å². The van der Waals surface area contributed by atoms with E-state index in [1.54, 1.807) is 6.20 Å². The van der Waals surface area contributed by atoms with Crippen molar-refractivity contribution in [3.8, 4) is 0 Å². The summed E-state index contributed by atoms with van der Waals surface area (Å²) < 4.78 is 0. The molecule has 0 spiro atoms. The van der Waals surface area contributed by atoms with Crippen LogP contribution in [0.15, 0.2) is 12.3 Å². The van der Waals surface area contributed by atoms with E-state index in [1.807, 2.05) is 13.0 Å². The number of aromatic nitrogens is 1. The number of pyridine rings is 1. The minimum atomic E-state index is 0.0415. The van der Waals surface area contributed by atoms with Gasteiger partial charge < -0.3 is 5.32 Å². The number of rotatable bonds is 4. The van der Waals surface area contributed by atoms with E-state index in [4.69, 9.17) is 11.6 Å². The zero-order valence-electron chi connectivity index (χ0n) is 11.4. The minimum absolute atomic E-state index is 0.0415. The van der Waals surface area contributed by atoms with Gasteiger partial charge in [0.05, 0.1) is 5.69 Å². The number of amides is 1. The van der Waals surface area contributed by atoms with Crippen LogP contribution in [-0.4, -0.2) is 10.9 Å². The molecule has 104 valence electrons. The third-order valence-electron chi connectivity index (χ3n) is 3.75. The Labute approximate surface area is 119 Å². The summed E-state index contributed by atoms with van der Waals surface area (Å²) in [5.41, 5.74) is 1.61. The molecule has 1 amide bonds. The number of nitrogens with one attached hydrogen (secondary N) is 1. The number of carbonyl (C=O) groups excluding carboxylic acids is 1. The molecule has 0 unspecified atom stereocenters. The molecule has 1 heterocycles. The molecule has 1 saturated carbocycles. The van der Waals surface area contributed by atoms with Crippen LogP contribution in [0.2, 0.25) is 5.15 Å². The van der Waals surface area contributed by atoms with Crippen molar-refractivity contribution >= 4 is 23.2 Å². The molecule has 19 heavy (non-hydrogen) atoms. The maximum absolute atomic E-state index is 11.9. The lowest BCUT2D eigenvalue weighted by molar-refractivity contribution is -0.116. The number of halogens is 1. The van der Waals surface area contributed by atoms with Crippen LogP contribution in [0, 0.1) is 12.8 Å². The highest BCUT2D eigenvalue weighted by atomic mass is 35.5. The standard InChI is InChI=1S/C15H21ClN2O/c1-11-9-13(15(16)17-10-11)18-14(19)8-7-12-5-3-2-4-6-12/h9-10,12H,2-8H2,1H3,(H,18,19). The summed E-state index contributed by atoms with van der Waals surface area (Å²) >= 11 is 5.96. The van der Waals surface area contributed by atoms with Crippen LogP contribution in [0.25, 0.3) is 0 Å². The summed E-state index contributed by atoms with van der Waals surface area (Å²) in [6.07, 6.45) is 9.81. The second kappa shape index (κ2) is 6.90. The fourth-order valence-electron chi connectivity index (χ4n) is 2.66. The Bertz CT molecular complexity index is 442. The number of hydrogen-bond donors (Lipinski definition) is 1. The van der Waals surface area contributed by atoms with Crippen LogP contribution >= 0.6 is 11.6 Å². The van der Waals surface area contributed by atoms with Crippen molar-refractivity contribution in [1.29, 1.82) is 0 Å². The van der Waals surface area contributed by atoms with Gasteiger partial charge in [0.1, 0.15) is 0 Å². The lowest BCUT2D eigenvalue weighted by Crippen LogP contribution is -2.15. The van der Waals surface area contributed by atoms with Crippen molar-refractivity contribution in [2.45, 2.75) is 51.9 Å². The molecule has 1 aliphatic rings. The predicted octanol–water partition coefficient (Wildman–Crippen LogP) is 4.34. The summed E-state index contributed by atoms with van der Waals surface area (Å²) in [4.78, 5) is 16.0. The molecule has 1 aromatic rings. The summed E-state index contributed by atoms with van der Waals surface area (Å²) in [5, 5.41) is 3.22. The first kappa shape index (κ1) is 14.3. The van der Waals surface area contributed by atoms with E-state index in [-0.39, 0.29) is 5.91 Å². The van der Waals surface area contributed by atoms with Gasteiger partial charge in [-0.1, -0.05) is 43.7 Å². The molecular formula is C15H21ClN2O. The van der Waals surface area contributed by atoms with E-state index in [0.717, 1.165) is 17.9 Å². The zero-order chi connectivity index (χ0) is 13.7. The van der Waals surface area contributed by atoms with Crippen molar-refractivity contribution in [3.05, 3.63) is 23.0 Å². The topological polar surface area (TPSA) is 42.0 Å². The van der Waals surface area contributed by atoms with E-state index in [1.165, 1.54) is 32.1 Å². The lowest BCUT2D eigenvalue weighted by Gasteiger charge is -2.21. The van der Waals surface area contributed by atoms with Crippen LogP contribution in [0.5, 0.6) is 0 Å². The van der Waals surface area contributed by atoms with Gasteiger partial charge in [-0.2, -0.15) is 0 Å². The average Bonchev–Trinajstić information content (AvgIpc) is 2.42. The second-order valence-electron chi connectivity index (χ2n) is 5.44. The Morgan fingerprint density at radius 1 is 1.42 bits per heavy atom. The van der Waals surface area contributed by atoms with Gasteiger partial charge in [-0.25, -0.2) is 4.98 Å². The normalized spacial score (nSPS) is 16.3. The highest BCUT2D eigenvalue weighted by Gasteiger charge is 2.15. The average molecular weight is 281 g/mol. The van der Waals surface area contributed by atoms with Crippen LogP contribution in [0.3, 0.4) is 0 Å². The number of nitrogens with zero attached hydrogens (tertiary/aromatic N) is 1. The first-order chi connectivity index (χ1) is 9.15. The molecule has 1 N–H and O–H groups in total. The zero-order valence-corrected chi connectivity index (χ0v) is 12.2. The molecule has 0 aliphatic heterocycles. The summed E-state index contributed by atoms with van der Waals surface area (Å²) in [7, 11) is 0. The smallest absolute Gasteiger partial charge is 0.224 e. The highest BCUT2D eigenvalue weighted by molar-refractivity contribution is 6.32. The fraction of sp³-hybridized carbons (Fsp3) is 0.600. The van der Waals surface area contributed by atoms with Crippen molar-refractivity contribution < 1.29 is 4.79 Å². The van der Waals surface area contributed by atoms with Gasteiger partial charge >= 0.3 is 0 Å². The highest BCUT2D eigenvalue weighted by Crippen LogP contribution is 2.27. The molecule has 3 nitrogen and oxygen atoms in total. The van der Waals surface area contributed by atoms with E-state index >= 15 is 0 Å². The third-order valence-corrected chi connectivity index (χ3v) is 4.06. The largest absolute Gasteiger partial charge is 0.323 e. The molecule has 1 aromatic heterocycles. The fourth-order valence-corrected chi connectivity index (χ4v) is 2.81. The molecule has 2 rings (SSSR count). The second-order valence-corrected chi connectivity index (χ2v) is 5.80. The Morgan fingerprint density at radius 2 is 2.16 bits per heavy atom. The molecule has 0 bridgehead atoms. The van der Waals surface area contributed by atoms with E-state index in [0.29, 0.717) is 17.3 Å². The first-order valence-electron chi connectivity index (χ1n) is 7.07. The van der Waals surface area contributed by atoms with Crippen LogP contribution in [-0.2, 0) is 4.79 Å². The Morgan fingerprint density at radius 3 is 2.89 bits per heavy atom. The van der Waals surface area contributed by atoms with E-state index in [2.05, 4.69) is 10.3 Å². The molecule has 1 aliphatic carbocycles. The van der Waals surface area contributed by atoms with Crippen LogP contribution < -0.4 is 5.32 Å². The SMILES string of the molecule is Cc1cnc(Cl)c(NC(=O)CCC2CCCCC2)c1. The van der Waals surface area contributed by atoms with Crippen molar-refractivity contribution in [1.82, 2.24) is 4.98 Å². The molecule has 4 heteroatoms. The van der Waals surface area contributed by atoms with Gasteiger partial charge in [0, 0.05) is 12.6 Å².